The monoisotopic (exact) mass is 274 g/mol. The molecule has 20 heavy (non-hydrogen) atoms. The predicted octanol–water partition coefficient (Wildman–Crippen LogP) is 2.45. The average Bonchev–Trinajstić information content (AvgIpc) is 2.78. The van der Waals surface area contributed by atoms with Gasteiger partial charge in [-0.1, -0.05) is 18.2 Å². The van der Waals surface area contributed by atoms with Crippen LogP contribution in [-0.2, 0) is 6.42 Å². The predicted molar refractivity (Wildman–Crippen MR) is 82.3 cm³/mol. The van der Waals surface area contributed by atoms with Gasteiger partial charge in [-0.05, 0) is 50.8 Å². The zero-order chi connectivity index (χ0) is 13.9. The van der Waals surface area contributed by atoms with Gasteiger partial charge in [0, 0.05) is 24.7 Å². The van der Waals surface area contributed by atoms with E-state index in [-0.39, 0.29) is 0 Å². The molecule has 0 amide bonds. The number of likely N-dealkylation sites (tertiary alicyclic amines) is 1. The zero-order valence-electron chi connectivity index (χ0n) is 12.6. The molecule has 1 aromatic rings. The number of nitrogens with zero attached hydrogens (tertiary/aromatic N) is 1. The molecule has 2 bridgehead atoms. The Bertz CT molecular complexity index is 448. The van der Waals surface area contributed by atoms with E-state index in [1.165, 1.54) is 37.9 Å². The summed E-state index contributed by atoms with van der Waals surface area (Å²) in [6.45, 7) is 4.78. The van der Waals surface area contributed by atoms with Gasteiger partial charge in [-0.15, -0.1) is 0 Å². The van der Waals surface area contributed by atoms with E-state index in [9.17, 15) is 0 Å². The van der Waals surface area contributed by atoms with Gasteiger partial charge in [-0.2, -0.15) is 0 Å². The summed E-state index contributed by atoms with van der Waals surface area (Å²) in [6, 6.07) is 10.5. The van der Waals surface area contributed by atoms with Gasteiger partial charge in [0.1, 0.15) is 5.75 Å². The van der Waals surface area contributed by atoms with Crippen molar-refractivity contribution in [1.82, 2.24) is 10.2 Å². The van der Waals surface area contributed by atoms with E-state index < -0.39 is 0 Å². The molecule has 3 atom stereocenters. The first-order chi connectivity index (χ1) is 9.76. The summed E-state index contributed by atoms with van der Waals surface area (Å²) in [4.78, 5) is 2.66. The minimum absolute atomic E-state index is 0.576. The highest BCUT2D eigenvalue weighted by Crippen LogP contribution is 2.24. The third-order valence-corrected chi connectivity index (χ3v) is 4.89. The lowest BCUT2D eigenvalue weighted by atomic mass is 10.0. The normalized spacial score (nSPS) is 28.1. The molecular formula is C17H26N2O. The minimum Gasteiger partial charge on any atom is -0.496 e. The molecule has 2 saturated heterocycles. The van der Waals surface area contributed by atoms with E-state index in [0.717, 1.165) is 18.2 Å². The molecule has 0 spiro atoms. The first-order valence-corrected chi connectivity index (χ1v) is 7.88. The van der Waals surface area contributed by atoms with Crippen molar-refractivity contribution in [2.75, 3.05) is 20.2 Å². The molecule has 2 aliphatic rings. The summed E-state index contributed by atoms with van der Waals surface area (Å²) in [5.74, 6) is 1.02. The minimum atomic E-state index is 0.576. The van der Waals surface area contributed by atoms with Crippen molar-refractivity contribution in [3.05, 3.63) is 29.8 Å². The molecule has 3 heteroatoms. The molecule has 0 radical (unpaired) electrons. The lowest BCUT2D eigenvalue weighted by Gasteiger charge is -2.30. The lowest BCUT2D eigenvalue weighted by molar-refractivity contribution is 0.196. The highest BCUT2D eigenvalue weighted by molar-refractivity contribution is 5.33. The van der Waals surface area contributed by atoms with E-state index in [2.05, 4.69) is 35.3 Å². The Morgan fingerprint density at radius 1 is 1.25 bits per heavy atom. The van der Waals surface area contributed by atoms with Gasteiger partial charge in [0.25, 0.3) is 0 Å². The van der Waals surface area contributed by atoms with E-state index in [4.69, 9.17) is 4.74 Å². The number of ether oxygens (including phenoxy) is 1. The summed E-state index contributed by atoms with van der Waals surface area (Å²) < 4.78 is 5.48. The third kappa shape index (κ3) is 2.99. The van der Waals surface area contributed by atoms with Crippen LogP contribution >= 0.6 is 0 Å². The van der Waals surface area contributed by atoms with Gasteiger partial charge in [-0.25, -0.2) is 0 Å². The van der Waals surface area contributed by atoms with Gasteiger partial charge in [0.15, 0.2) is 0 Å². The van der Waals surface area contributed by atoms with Crippen LogP contribution in [0.15, 0.2) is 24.3 Å². The number of methoxy groups -OCH3 is 1. The first-order valence-electron chi connectivity index (χ1n) is 7.88. The third-order valence-electron chi connectivity index (χ3n) is 4.89. The maximum absolute atomic E-state index is 5.48. The summed E-state index contributed by atoms with van der Waals surface area (Å²) in [5.41, 5.74) is 1.32. The van der Waals surface area contributed by atoms with Crippen LogP contribution in [0, 0.1) is 0 Å². The topological polar surface area (TPSA) is 24.5 Å². The molecule has 110 valence electrons. The molecule has 0 aromatic heterocycles. The van der Waals surface area contributed by atoms with Gasteiger partial charge < -0.3 is 10.1 Å². The van der Waals surface area contributed by atoms with Crippen molar-refractivity contribution in [2.45, 2.75) is 50.7 Å². The number of nitrogens with one attached hydrogen (secondary N) is 1. The largest absolute Gasteiger partial charge is 0.496 e. The van der Waals surface area contributed by atoms with Crippen LogP contribution in [0.4, 0.5) is 0 Å². The molecule has 3 unspecified atom stereocenters. The van der Waals surface area contributed by atoms with Crippen LogP contribution in [0.3, 0.4) is 0 Å². The summed E-state index contributed by atoms with van der Waals surface area (Å²) >= 11 is 0. The summed E-state index contributed by atoms with van der Waals surface area (Å²) in [5, 5.41) is 3.76. The SMILES string of the molecule is COc1ccccc1CC(C)N1CCC2CCC(C1)N2. The van der Waals surface area contributed by atoms with Gasteiger partial charge in [0.2, 0.25) is 0 Å². The Morgan fingerprint density at radius 3 is 2.90 bits per heavy atom. The van der Waals surface area contributed by atoms with Crippen molar-refractivity contribution in [1.29, 1.82) is 0 Å². The molecule has 2 heterocycles. The highest BCUT2D eigenvalue weighted by Gasteiger charge is 2.30. The maximum atomic E-state index is 5.48. The van der Waals surface area contributed by atoms with E-state index in [1.807, 2.05) is 6.07 Å². The maximum Gasteiger partial charge on any atom is 0.122 e. The molecule has 1 aromatic carbocycles. The summed E-state index contributed by atoms with van der Waals surface area (Å²) in [6.07, 6.45) is 5.09. The quantitative estimate of drug-likeness (QED) is 0.913. The second-order valence-corrected chi connectivity index (χ2v) is 6.29. The van der Waals surface area contributed by atoms with Crippen LogP contribution in [0.2, 0.25) is 0 Å². The molecule has 1 N–H and O–H groups in total. The molecule has 3 rings (SSSR count). The van der Waals surface area contributed by atoms with Crippen molar-refractivity contribution < 1.29 is 4.74 Å². The number of rotatable bonds is 4. The Hall–Kier alpha value is -1.06. The molecule has 0 saturated carbocycles. The van der Waals surface area contributed by atoms with E-state index in [1.54, 1.807) is 7.11 Å². The number of hydrogen-bond donors (Lipinski definition) is 1. The molecule has 2 fully saturated rings. The molecule has 0 aliphatic carbocycles. The van der Waals surface area contributed by atoms with Crippen molar-refractivity contribution >= 4 is 0 Å². The number of fused-ring (bicyclic) bond motifs is 2. The lowest BCUT2D eigenvalue weighted by Crippen LogP contribution is -2.41. The van der Waals surface area contributed by atoms with Crippen LogP contribution in [0.25, 0.3) is 0 Å². The van der Waals surface area contributed by atoms with Gasteiger partial charge in [0.05, 0.1) is 7.11 Å². The fourth-order valence-electron chi connectivity index (χ4n) is 3.69. The van der Waals surface area contributed by atoms with Crippen LogP contribution in [0.1, 0.15) is 31.7 Å². The van der Waals surface area contributed by atoms with Gasteiger partial charge >= 0.3 is 0 Å². The number of benzene rings is 1. The fraction of sp³-hybridized carbons (Fsp3) is 0.647. The Balaban J connectivity index is 1.65. The summed E-state index contributed by atoms with van der Waals surface area (Å²) in [7, 11) is 1.76. The highest BCUT2D eigenvalue weighted by atomic mass is 16.5. The smallest absolute Gasteiger partial charge is 0.122 e. The first kappa shape index (κ1) is 13.9. The second-order valence-electron chi connectivity index (χ2n) is 6.29. The standard InChI is InChI=1S/C17H26N2O/c1-13(11-14-5-3-4-6-17(14)20-2)19-10-9-15-7-8-16(12-19)18-15/h3-6,13,15-16,18H,7-12H2,1-2H3. The van der Waals surface area contributed by atoms with Crippen molar-refractivity contribution in [3.8, 4) is 5.75 Å². The Labute approximate surface area is 122 Å². The van der Waals surface area contributed by atoms with Crippen LogP contribution in [-0.4, -0.2) is 43.2 Å². The molecule has 3 nitrogen and oxygen atoms in total. The molecular weight excluding hydrogens is 248 g/mol. The van der Waals surface area contributed by atoms with Crippen molar-refractivity contribution in [2.24, 2.45) is 0 Å². The second kappa shape index (κ2) is 6.15. The number of hydrogen-bond acceptors (Lipinski definition) is 3. The fourth-order valence-corrected chi connectivity index (χ4v) is 3.69. The van der Waals surface area contributed by atoms with Crippen LogP contribution in [0.5, 0.6) is 5.75 Å². The van der Waals surface area contributed by atoms with E-state index >= 15 is 0 Å². The average molecular weight is 274 g/mol. The van der Waals surface area contributed by atoms with Gasteiger partial charge in [-0.3, -0.25) is 4.90 Å². The van der Waals surface area contributed by atoms with Crippen molar-refractivity contribution in [3.63, 3.8) is 0 Å². The van der Waals surface area contributed by atoms with E-state index in [0.29, 0.717) is 12.1 Å². The number of para-hydroxylation sites is 1. The Morgan fingerprint density at radius 2 is 2.05 bits per heavy atom. The molecule has 2 aliphatic heterocycles. The van der Waals surface area contributed by atoms with Crippen LogP contribution < -0.4 is 10.1 Å². The zero-order valence-corrected chi connectivity index (χ0v) is 12.6. The Kier molecular flexibility index (Phi) is 4.27.